The van der Waals surface area contributed by atoms with Crippen LogP contribution in [0.25, 0.3) is 10.9 Å². The fourth-order valence-electron chi connectivity index (χ4n) is 1.97. The summed E-state index contributed by atoms with van der Waals surface area (Å²) < 4.78 is 0. The first-order valence-corrected chi connectivity index (χ1v) is 7.51. The Kier molecular flexibility index (Phi) is 3.70. The molecule has 1 aromatic carbocycles. The lowest BCUT2D eigenvalue weighted by Gasteiger charge is -2.09. The van der Waals surface area contributed by atoms with Crippen LogP contribution in [0.3, 0.4) is 0 Å². The summed E-state index contributed by atoms with van der Waals surface area (Å²) >= 11 is 1.51. The number of hydrogen-bond acceptors (Lipinski definition) is 6. The Bertz CT molecular complexity index is 798. The van der Waals surface area contributed by atoms with Crippen molar-refractivity contribution in [3.63, 3.8) is 0 Å². The van der Waals surface area contributed by atoms with Gasteiger partial charge in [-0.05, 0) is 24.8 Å². The van der Waals surface area contributed by atoms with E-state index in [0.29, 0.717) is 5.82 Å². The van der Waals surface area contributed by atoms with Crippen LogP contribution in [-0.2, 0) is 6.42 Å². The maximum Gasteiger partial charge on any atom is 0.131 e. The highest BCUT2D eigenvalue weighted by Gasteiger charge is 2.12. The third-order valence-corrected chi connectivity index (χ3v) is 4.31. The third-order valence-electron chi connectivity index (χ3n) is 3.20. The molecule has 6 heteroatoms. The number of aromatic nitrogens is 4. The van der Waals surface area contributed by atoms with E-state index in [1.54, 1.807) is 6.33 Å². The third kappa shape index (κ3) is 2.67. The molecule has 0 fully saturated rings. The molecule has 21 heavy (non-hydrogen) atoms. The first kappa shape index (κ1) is 13.8. The SMILES string of the molecule is CCc1nc(N)c(C)c(Sc2ncnc3ccccc23)n1. The van der Waals surface area contributed by atoms with Crippen LogP contribution < -0.4 is 5.73 Å². The number of hydrogen-bond donors (Lipinski definition) is 1. The molecule has 0 unspecified atom stereocenters. The van der Waals surface area contributed by atoms with Gasteiger partial charge in [0, 0.05) is 17.4 Å². The number of benzene rings is 1. The average Bonchev–Trinajstić information content (AvgIpc) is 2.52. The Labute approximate surface area is 127 Å². The first-order valence-electron chi connectivity index (χ1n) is 6.69. The summed E-state index contributed by atoms with van der Waals surface area (Å²) in [5.74, 6) is 1.28. The molecular formula is C15H15N5S. The number of rotatable bonds is 3. The van der Waals surface area contributed by atoms with Gasteiger partial charge in [0.05, 0.1) is 5.52 Å². The van der Waals surface area contributed by atoms with Crippen molar-refractivity contribution < 1.29 is 0 Å². The minimum Gasteiger partial charge on any atom is -0.383 e. The van der Waals surface area contributed by atoms with Crippen LogP contribution in [-0.4, -0.2) is 19.9 Å². The predicted octanol–water partition coefficient (Wildman–Crippen LogP) is 3.02. The quantitative estimate of drug-likeness (QED) is 0.749. The van der Waals surface area contributed by atoms with E-state index >= 15 is 0 Å². The molecule has 0 saturated carbocycles. The van der Waals surface area contributed by atoms with Gasteiger partial charge in [-0.3, -0.25) is 0 Å². The van der Waals surface area contributed by atoms with Gasteiger partial charge in [-0.2, -0.15) is 0 Å². The van der Waals surface area contributed by atoms with Crippen molar-refractivity contribution in [3.05, 3.63) is 42.0 Å². The van der Waals surface area contributed by atoms with E-state index in [1.807, 2.05) is 38.1 Å². The van der Waals surface area contributed by atoms with E-state index in [9.17, 15) is 0 Å². The van der Waals surface area contributed by atoms with Gasteiger partial charge in [0.1, 0.15) is 28.0 Å². The maximum absolute atomic E-state index is 5.97. The van der Waals surface area contributed by atoms with E-state index in [-0.39, 0.29) is 0 Å². The molecule has 2 heterocycles. The molecule has 2 aromatic heterocycles. The minimum absolute atomic E-state index is 0.530. The Morgan fingerprint density at radius 3 is 2.71 bits per heavy atom. The molecule has 2 N–H and O–H groups in total. The van der Waals surface area contributed by atoms with Gasteiger partial charge in [-0.15, -0.1) is 0 Å². The number of nitrogens with zero attached hydrogens (tertiary/aromatic N) is 4. The lowest BCUT2D eigenvalue weighted by atomic mass is 10.2. The van der Waals surface area contributed by atoms with Gasteiger partial charge in [0.15, 0.2) is 0 Å². The van der Waals surface area contributed by atoms with Crippen molar-refractivity contribution in [1.29, 1.82) is 0 Å². The Balaban J connectivity index is 2.09. The molecule has 0 spiro atoms. The smallest absolute Gasteiger partial charge is 0.131 e. The van der Waals surface area contributed by atoms with Crippen LogP contribution in [0.5, 0.6) is 0 Å². The van der Waals surface area contributed by atoms with Crippen molar-refractivity contribution in [3.8, 4) is 0 Å². The lowest BCUT2D eigenvalue weighted by molar-refractivity contribution is 0.877. The summed E-state index contributed by atoms with van der Waals surface area (Å²) in [6, 6.07) is 7.93. The number of nitrogen functional groups attached to an aromatic ring is 1. The van der Waals surface area contributed by atoms with Crippen molar-refractivity contribution in [2.75, 3.05) is 5.73 Å². The molecule has 3 aromatic rings. The summed E-state index contributed by atoms with van der Waals surface area (Å²) in [5.41, 5.74) is 7.78. The second-order valence-electron chi connectivity index (χ2n) is 4.61. The van der Waals surface area contributed by atoms with Gasteiger partial charge >= 0.3 is 0 Å². The van der Waals surface area contributed by atoms with E-state index in [4.69, 9.17) is 5.73 Å². The molecule has 3 rings (SSSR count). The zero-order valence-electron chi connectivity index (χ0n) is 11.9. The zero-order valence-corrected chi connectivity index (χ0v) is 12.7. The van der Waals surface area contributed by atoms with Gasteiger partial charge in [-0.1, -0.05) is 25.1 Å². The normalized spacial score (nSPS) is 11.0. The molecule has 0 atom stereocenters. The predicted molar refractivity (Wildman–Crippen MR) is 84.2 cm³/mol. The number of para-hydroxylation sites is 1. The van der Waals surface area contributed by atoms with Gasteiger partial charge < -0.3 is 5.73 Å². The molecule has 0 amide bonds. The van der Waals surface area contributed by atoms with E-state index in [0.717, 1.165) is 38.8 Å². The molecule has 5 nitrogen and oxygen atoms in total. The van der Waals surface area contributed by atoms with Crippen molar-refractivity contribution >= 4 is 28.5 Å². The van der Waals surface area contributed by atoms with Crippen LogP contribution in [0, 0.1) is 6.92 Å². The molecule has 106 valence electrons. The van der Waals surface area contributed by atoms with Gasteiger partial charge in [-0.25, -0.2) is 19.9 Å². The van der Waals surface area contributed by atoms with Crippen LogP contribution in [0.4, 0.5) is 5.82 Å². The average molecular weight is 297 g/mol. The van der Waals surface area contributed by atoms with Crippen molar-refractivity contribution in [1.82, 2.24) is 19.9 Å². The Morgan fingerprint density at radius 1 is 1.10 bits per heavy atom. The highest BCUT2D eigenvalue weighted by Crippen LogP contribution is 2.32. The standard InChI is InChI=1S/C15H15N5S/c1-3-12-19-13(16)9(2)14(20-12)21-15-10-6-4-5-7-11(10)17-8-18-15/h4-8H,3H2,1-2H3,(H2,16,19,20). The summed E-state index contributed by atoms with van der Waals surface area (Å²) in [4.78, 5) is 17.5. The van der Waals surface area contributed by atoms with E-state index in [1.165, 1.54) is 11.8 Å². The molecule has 0 aliphatic carbocycles. The largest absolute Gasteiger partial charge is 0.383 e. The highest BCUT2D eigenvalue weighted by atomic mass is 32.2. The van der Waals surface area contributed by atoms with Crippen molar-refractivity contribution in [2.24, 2.45) is 0 Å². The van der Waals surface area contributed by atoms with Crippen molar-refractivity contribution in [2.45, 2.75) is 30.3 Å². The Morgan fingerprint density at radius 2 is 1.90 bits per heavy atom. The summed E-state index contributed by atoms with van der Waals surface area (Å²) in [6.07, 6.45) is 2.33. The summed E-state index contributed by atoms with van der Waals surface area (Å²) in [7, 11) is 0. The fraction of sp³-hybridized carbons (Fsp3) is 0.200. The number of anilines is 1. The first-order chi connectivity index (χ1) is 10.2. The Hall–Kier alpha value is -2.21. The fourth-order valence-corrected chi connectivity index (χ4v) is 2.94. The maximum atomic E-state index is 5.97. The number of nitrogens with two attached hydrogens (primary N) is 1. The molecule has 0 bridgehead atoms. The molecule has 0 aliphatic rings. The van der Waals surface area contributed by atoms with Crippen LogP contribution in [0.1, 0.15) is 18.3 Å². The molecule has 0 saturated heterocycles. The second kappa shape index (κ2) is 5.65. The van der Waals surface area contributed by atoms with Crippen LogP contribution >= 0.6 is 11.8 Å². The molecule has 0 aliphatic heterocycles. The minimum atomic E-state index is 0.530. The topological polar surface area (TPSA) is 77.6 Å². The summed E-state index contributed by atoms with van der Waals surface area (Å²) in [6.45, 7) is 3.94. The van der Waals surface area contributed by atoms with Crippen LogP contribution in [0.2, 0.25) is 0 Å². The molecular weight excluding hydrogens is 282 g/mol. The van der Waals surface area contributed by atoms with Crippen LogP contribution in [0.15, 0.2) is 40.6 Å². The molecule has 0 radical (unpaired) electrons. The monoisotopic (exact) mass is 297 g/mol. The highest BCUT2D eigenvalue weighted by molar-refractivity contribution is 7.99. The van der Waals surface area contributed by atoms with E-state index in [2.05, 4.69) is 19.9 Å². The lowest BCUT2D eigenvalue weighted by Crippen LogP contribution is -2.03. The number of fused-ring (bicyclic) bond motifs is 1. The van der Waals surface area contributed by atoms with Gasteiger partial charge in [0.25, 0.3) is 0 Å². The zero-order chi connectivity index (χ0) is 14.8. The number of aryl methyl sites for hydroxylation is 1. The second-order valence-corrected chi connectivity index (χ2v) is 5.58. The summed E-state index contributed by atoms with van der Waals surface area (Å²) in [5, 5.41) is 2.74. The van der Waals surface area contributed by atoms with Gasteiger partial charge in [0.2, 0.25) is 0 Å². The van der Waals surface area contributed by atoms with E-state index < -0.39 is 0 Å².